The quantitative estimate of drug-likeness (QED) is 0.374. The lowest BCUT2D eigenvalue weighted by atomic mass is 10.3. The second-order valence-corrected chi connectivity index (χ2v) is 6.36. The average molecular weight is 429 g/mol. The number of ether oxygens (including phenoxy) is 2. The fourth-order valence-electron chi connectivity index (χ4n) is 1.87. The van der Waals surface area contributed by atoms with Gasteiger partial charge in [0.2, 0.25) is 0 Å². The summed E-state index contributed by atoms with van der Waals surface area (Å²) in [5.41, 5.74) is 0.0437. The second kappa shape index (κ2) is 13.3. The third-order valence-electron chi connectivity index (χ3n) is 2.91. The minimum atomic E-state index is -0.495. The van der Waals surface area contributed by atoms with Gasteiger partial charge in [-0.3, -0.25) is 20.2 Å². The van der Waals surface area contributed by atoms with Crippen molar-refractivity contribution >= 4 is 23.0 Å². The van der Waals surface area contributed by atoms with Gasteiger partial charge in [0.15, 0.2) is 0 Å². The van der Waals surface area contributed by atoms with E-state index in [1.807, 2.05) is 27.7 Å². The number of halogens is 1. The van der Waals surface area contributed by atoms with Crippen LogP contribution in [0.3, 0.4) is 0 Å². The predicted octanol–water partition coefficient (Wildman–Crippen LogP) is 6.69. The molecule has 0 heterocycles. The molecule has 0 atom stereocenters. The van der Waals surface area contributed by atoms with Gasteiger partial charge in [0.05, 0.1) is 27.1 Å². The van der Waals surface area contributed by atoms with Crippen LogP contribution < -0.4 is 9.47 Å². The topological polar surface area (TPSA) is 105 Å². The maximum absolute atomic E-state index is 10.4. The Labute approximate surface area is 176 Å². The first kappa shape index (κ1) is 28.3. The van der Waals surface area contributed by atoms with E-state index in [0.717, 1.165) is 0 Å². The SMILES string of the molecule is C.C.CC(C)Oc1ccc([N+](=O)[O-])cc1.CC(C)Oc1ccc([N+](=O)[O-])cc1Cl. The predicted molar refractivity (Wildman–Crippen MR) is 116 cm³/mol. The molecular formula is C20H29ClN2O6. The van der Waals surface area contributed by atoms with Crippen molar-refractivity contribution in [3.05, 3.63) is 67.7 Å². The van der Waals surface area contributed by atoms with Crippen molar-refractivity contribution in [2.45, 2.75) is 54.8 Å². The molecule has 0 bridgehead atoms. The molecule has 0 N–H and O–H groups in total. The zero-order valence-corrected chi connectivity index (χ0v) is 16.2. The molecule has 0 spiro atoms. The summed E-state index contributed by atoms with van der Waals surface area (Å²) in [6.07, 6.45) is 0.0791. The second-order valence-electron chi connectivity index (χ2n) is 5.96. The first-order valence-electron chi connectivity index (χ1n) is 8.11. The average Bonchev–Trinajstić information content (AvgIpc) is 2.56. The van der Waals surface area contributed by atoms with Gasteiger partial charge in [-0.25, -0.2) is 0 Å². The molecule has 0 saturated heterocycles. The molecule has 0 amide bonds. The molecule has 2 aromatic carbocycles. The molecule has 0 unspecified atom stereocenters. The van der Waals surface area contributed by atoms with E-state index in [1.54, 1.807) is 12.1 Å². The fraction of sp³-hybridized carbons (Fsp3) is 0.400. The van der Waals surface area contributed by atoms with Crippen LogP contribution in [0.1, 0.15) is 42.5 Å². The van der Waals surface area contributed by atoms with Crippen LogP contribution in [-0.2, 0) is 0 Å². The number of nitro benzene ring substituents is 2. The molecule has 0 aliphatic rings. The van der Waals surface area contributed by atoms with Crippen LogP contribution >= 0.6 is 11.6 Å². The standard InChI is InChI=1S/C9H10ClNO3.C9H11NO3.2CH4/c1-6(2)14-9-4-3-7(11(12)13)5-8(9)10;1-7(2)13-9-5-3-8(4-6-9)10(11)12;;/h3-6H,1-2H3;3-7H,1-2H3;2*1H4. The first-order valence-corrected chi connectivity index (χ1v) is 8.49. The molecule has 162 valence electrons. The largest absolute Gasteiger partial charge is 0.491 e. The summed E-state index contributed by atoms with van der Waals surface area (Å²) in [6.45, 7) is 7.53. The smallest absolute Gasteiger partial charge is 0.271 e. The Kier molecular flexibility index (Phi) is 13.0. The fourth-order valence-corrected chi connectivity index (χ4v) is 2.09. The van der Waals surface area contributed by atoms with Gasteiger partial charge in [-0.05, 0) is 45.9 Å². The monoisotopic (exact) mass is 428 g/mol. The van der Waals surface area contributed by atoms with Crippen LogP contribution in [0.5, 0.6) is 11.5 Å². The number of nitrogens with zero attached hydrogens (tertiary/aromatic N) is 2. The third kappa shape index (κ3) is 10.3. The van der Waals surface area contributed by atoms with Crippen molar-refractivity contribution in [2.75, 3.05) is 0 Å². The summed E-state index contributed by atoms with van der Waals surface area (Å²) in [5.74, 6) is 1.12. The number of non-ortho nitro benzene ring substituents is 2. The number of rotatable bonds is 6. The molecular weight excluding hydrogens is 400 g/mol. The molecule has 2 aromatic rings. The Morgan fingerprint density at radius 2 is 1.24 bits per heavy atom. The van der Waals surface area contributed by atoms with Gasteiger partial charge in [0, 0.05) is 24.3 Å². The zero-order chi connectivity index (χ0) is 20.6. The number of benzene rings is 2. The highest BCUT2D eigenvalue weighted by Gasteiger charge is 2.10. The van der Waals surface area contributed by atoms with Gasteiger partial charge in [-0.2, -0.15) is 0 Å². The molecule has 9 heteroatoms. The summed E-state index contributed by atoms with van der Waals surface area (Å²) in [4.78, 5) is 19.8. The van der Waals surface area contributed by atoms with Crippen LogP contribution in [0.2, 0.25) is 5.02 Å². The molecule has 29 heavy (non-hydrogen) atoms. The Morgan fingerprint density at radius 3 is 1.62 bits per heavy atom. The van der Waals surface area contributed by atoms with Gasteiger partial charge in [-0.1, -0.05) is 26.5 Å². The molecule has 0 saturated carbocycles. The van der Waals surface area contributed by atoms with E-state index in [-0.39, 0.29) is 43.5 Å². The zero-order valence-electron chi connectivity index (χ0n) is 15.4. The van der Waals surface area contributed by atoms with E-state index < -0.39 is 9.85 Å². The summed E-state index contributed by atoms with van der Waals surface area (Å²) < 4.78 is 10.7. The Hall–Kier alpha value is -2.87. The number of hydrogen-bond acceptors (Lipinski definition) is 6. The molecule has 0 radical (unpaired) electrons. The highest BCUT2D eigenvalue weighted by molar-refractivity contribution is 6.32. The van der Waals surface area contributed by atoms with Gasteiger partial charge >= 0.3 is 0 Å². The summed E-state index contributed by atoms with van der Waals surface area (Å²) in [6, 6.07) is 10.2. The van der Waals surface area contributed by atoms with Gasteiger partial charge in [-0.15, -0.1) is 0 Å². The Bertz CT molecular complexity index is 779. The summed E-state index contributed by atoms with van der Waals surface area (Å²) >= 11 is 5.79. The Balaban J connectivity index is 0. The molecule has 0 aliphatic heterocycles. The van der Waals surface area contributed by atoms with Crippen molar-refractivity contribution in [3.63, 3.8) is 0 Å². The highest BCUT2D eigenvalue weighted by atomic mass is 35.5. The molecule has 0 aliphatic carbocycles. The third-order valence-corrected chi connectivity index (χ3v) is 3.20. The van der Waals surface area contributed by atoms with Crippen LogP contribution in [0.4, 0.5) is 11.4 Å². The van der Waals surface area contributed by atoms with Crippen LogP contribution in [-0.4, -0.2) is 22.1 Å². The highest BCUT2D eigenvalue weighted by Crippen LogP contribution is 2.29. The maximum atomic E-state index is 10.4. The Morgan fingerprint density at radius 1 is 0.793 bits per heavy atom. The first-order chi connectivity index (χ1) is 12.6. The van der Waals surface area contributed by atoms with E-state index in [1.165, 1.54) is 30.3 Å². The van der Waals surface area contributed by atoms with Crippen molar-refractivity contribution in [1.82, 2.24) is 0 Å². The van der Waals surface area contributed by atoms with Crippen LogP contribution in [0.25, 0.3) is 0 Å². The molecule has 0 aromatic heterocycles. The molecule has 8 nitrogen and oxygen atoms in total. The normalized spacial score (nSPS) is 9.48. The number of nitro groups is 2. The van der Waals surface area contributed by atoms with E-state index in [4.69, 9.17) is 21.1 Å². The summed E-state index contributed by atoms with van der Waals surface area (Å²) in [5, 5.41) is 20.9. The van der Waals surface area contributed by atoms with Crippen LogP contribution in [0, 0.1) is 20.2 Å². The van der Waals surface area contributed by atoms with Crippen molar-refractivity contribution in [2.24, 2.45) is 0 Å². The molecule has 2 rings (SSSR count). The maximum Gasteiger partial charge on any atom is 0.271 e. The van der Waals surface area contributed by atoms with E-state index >= 15 is 0 Å². The van der Waals surface area contributed by atoms with Crippen molar-refractivity contribution in [3.8, 4) is 11.5 Å². The number of hydrogen-bond donors (Lipinski definition) is 0. The summed E-state index contributed by atoms with van der Waals surface area (Å²) in [7, 11) is 0. The van der Waals surface area contributed by atoms with Crippen LogP contribution in [0.15, 0.2) is 42.5 Å². The van der Waals surface area contributed by atoms with Gasteiger partial charge in [0.25, 0.3) is 11.4 Å². The van der Waals surface area contributed by atoms with E-state index in [2.05, 4.69) is 0 Å². The lowest BCUT2D eigenvalue weighted by Crippen LogP contribution is -2.05. The van der Waals surface area contributed by atoms with E-state index in [0.29, 0.717) is 11.5 Å². The lowest BCUT2D eigenvalue weighted by molar-refractivity contribution is -0.385. The van der Waals surface area contributed by atoms with E-state index in [9.17, 15) is 20.2 Å². The minimum absolute atomic E-state index is 0. The van der Waals surface area contributed by atoms with Gasteiger partial charge in [0.1, 0.15) is 11.5 Å². The minimum Gasteiger partial charge on any atom is -0.491 e. The lowest BCUT2D eigenvalue weighted by Gasteiger charge is -2.10. The van der Waals surface area contributed by atoms with Crippen molar-refractivity contribution < 1.29 is 19.3 Å². The molecule has 0 fully saturated rings. The van der Waals surface area contributed by atoms with Gasteiger partial charge < -0.3 is 9.47 Å². The van der Waals surface area contributed by atoms with Crippen molar-refractivity contribution in [1.29, 1.82) is 0 Å².